The lowest BCUT2D eigenvalue weighted by Gasteiger charge is -2.03. The Morgan fingerprint density at radius 1 is 0.842 bits per heavy atom. The normalized spacial score (nSPS) is 11.9. The van der Waals surface area contributed by atoms with E-state index >= 15 is 0 Å². The Morgan fingerprint density at radius 2 is 1.26 bits per heavy atom. The summed E-state index contributed by atoms with van der Waals surface area (Å²) in [6, 6.07) is 0. The van der Waals surface area contributed by atoms with E-state index in [4.69, 9.17) is 9.92 Å². The molecule has 0 aromatic heterocycles. The quantitative estimate of drug-likeness (QED) is 0.393. The molecule has 19 heavy (non-hydrogen) atoms. The lowest BCUT2D eigenvalue weighted by molar-refractivity contribution is 0.316. The molecule has 0 aliphatic carbocycles. The monoisotopic (exact) mass is 311 g/mol. The van der Waals surface area contributed by atoms with Crippen LogP contribution in [0.2, 0.25) is 0 Å². The fourth-order valence-electron chi connectivity index (χ4n) is 1.87. The number of unbranched alkanes of at least 4 members (excludes halogenated alkanes) is 9. The zero-order valence-corrected chi connectivity index (χ0v) is 13.7. The summed E-state index contributed by atoms with van der Waals surface area (Å²) >= 11 is 0. The highest BCUT2D eigenvalue weighted by atomic mass is 33.1. The zero-order chi connectivity index (χ0) is 14.4. The van der Waals surface area contributed by atoms with Crippen LogP contribution in [0.1, 0.15) is 64.2 Å². The van der Waals surface area contributed by atoms with Gasteiger partial charge in [-0.15, -0.1) is 0 Å². The first kappa shape index (κ1) is 19.2. The standard InChI is InChI=1S/C13H29NO3S2/c1-18-19(15,16)17-13-11-9-7-5-3-2-4-6-8-10-12-14/h2-14H2,1H3. The molecule has 0 fully saturated rings. The fourth-order valence-corrected chi connectivity index (χ4v) is 2.78. The molecule has 0 atom stereocenters. The van der Waals surface area contributed by atoms with Gasteiger partial charge in [-0.2, -0.15) is 8.42 Å². The van der Waals surface area contributed by atoms with E-state index in [0.29, 0.717) is 6.61 Å². The van der Waals surface area contributed by atoms with Gasteiger partial charge in [-0.3, -0.25) is 4.18 Å². The van der Waals surface area contributed by atoms with Crippen LogP contribution in [0.15, 0.2) is 0 Å². The van der Waals surface area contributed by atoms with Crippen molar-refractivity contribution in [3.8, 4) is 0 Å². The van der Waals surface area contributed by atoms with Crippen molar-refractivity contribution in [2.75, 3.05) is 19.4 Å². The average molecular weight is 312 g/mol. The van der Waals surface area contributed by atoms with Gasteiger partial charge in [0, 0.05) is 0 Å². The summed E-state index contributed by atoms with van der Waals surface area (Å²) in [5, 5.41) is 0. The first-order valence-electron chi connectivity index (χ1n) is 7.27. The molecule has 0 unspecified atom stereocenters. The molecule has 0 saturated heterocycles. The van der Waals surface area contributed by atoms with E-state index in [1.54, 1.807) is 0 Å². The van der Waals surface area contributed by atoms with Crippen molar-refractivity contribution in [2.24, 2.45) is 5.73 Å². The highest BCUT2D eigenvalue weighted by molar-refractivity contribution is 8.70. The van der Waals surface area contributed by atoms with Crippen molar-refractivity contribution in [3.63, 3.8) is 0 Å². The summed E-state index contributed by atoms with van der Waals surface area (Å²) in [5.74, 6) is 0. The van der Waals surface area contributed by atoms with Gasteiger partial charge in [0.05, 0.1) is 6.61 Å². The van der Waals surface area contributed by atoms with Gasteiger partial charge in [0.25, 0.3) is 0 Å². The van der Waals surface area contributed by atoms with Crippen LogP contribution in [0.5, 0.6) is 0 Å². The Morgan fingerprint density at radius 3 is 1.68 bits per heavy atom. The Kier molecular flexibility index (Phi) is 13.4. The number of rotatable bonds is 14. The Bertz CT molecular complexity index is 282. The smallest absolute Gasteiger partial charge is 0.321 e. The van der Waals surface area contributed by atoms with Crippen LogP contribution in [0.25, 0.3) is 0 Å². The van der Waals surface area contributed by atoms with Crippen LogP contribution >= 0.6 is 10.8 Å². The van der Waals surface area contributed by atoms with Gasteiger partial charge in [-0.05, 0) is 36.4 Å². The van der Waals surface area contributed by atoms with Gasteiger partial charge >= 0.3 is 9.15 Å². The van der Waals surface area contributed by atoms with Gasteiger partial charge in [-0.1, -0.05) is 51.4 Å². The highest BCUT2D eigenvalue weighted by Gasteiger charge is 2.06. The molecular formula is C13H29NO3S2. The molecule has 0 aliphatic rings. The summed E-state index contributed by atoms with van der Waals surface area (Å²) in [6.45, 7) is 1.14. The second-order valence-corrected chi connectivity index (χ2v) is 8.33. The highest BCUT2D eigenvalue weighted by Crippen LogP contribution is 2.12. The van der Waals surface area contributed by atoms with E-state index in [9.17, 15) is 8.42 Å². The molecule has 4 nitrogen and oxygen atoms in total. The van der Waals surface area contributed by atoms with Gasteiger partial charge in [0.2, 0.25) is 0 Å². The van der Waals surface area contributed by atoms with Crippen LogP contribution < -0.4 is 5.73 Å². The first-order valence-corrected chi connectivity index (χ1v) is 10.4. The molecule has 0 rings (SSSR count). The fraction of sp³-hybridized carbons (Fsp3) is 1.00. The van der Waals surface area contributed by atoms with Crippen LogP contribution in [-0.4, -0.2) is 27.8 Å². The van der Waals surface area contributed by atoms with Crippen molar-refractivity contribution in [2.45, 2.75) is 64.2 Å². The van der Waals surface area contributed by atoms with E-state index in [1.165, 1.54) is 51.2 Å². The van der Waals surface area contributed by atoms with Crippen molar-refractivity contribution in [3.05, 3.63) is 0 Å². The molecular weight excluding hydrogens is 282 g/mol. The number of hydrogen-bond acceptors (Lipinski definition) is 5. The van der Waals surface area contributed by atoms with Crippen molar-refractivity contribution < 1.29 is 12.6 Å². The predicted molar refractivity (Wildman–Crippen MR) is 83.6 cm³/mol. The first-order chi connectivity index (χ1) is 9.12. The molecule has 0 aliphatic heterocycles. The maximum atomic E-state index is 11.0. The Balaban J connectivity index is 3.11. The topological polar surface area (TPSA) is 69.4 Å². The lowest BCUT2D eigenvalue weighted by Crippen LogP contribution is -2.01. The Labute approximate surface area is 122 Å². The second-order valence-electron chi connectivity index (χ2n) is 4.72. The third-order valence-corrected chi connectivity index (χ3v) is 5.41. The SMILES string of the molecule is CSS(=O)(=O)OCCCCCCCCCCCCN. The van der Waals surface area contributed by atoms with Crippen molar-refractivity contribution in [1.29, 1.82) is 0 Å². The van der Waals surface area contributed by atoms with Crippen molar-refractivity contribution >= 4 is 19.9 Å². The van der Waals surface area contributed by atoms with E-state index in [1.807, 2.05) is 0 Å². The summed E-state index contributed by atoms with van der Waals surface area (Å²) in [5.41, 5.74) is 5.44. The molecule has 0 aromatic carbocycles. The predicted octanol–water partition coefficient (Wildman–Crippen LogP) is 3.47. The zero-order valence-electron chi connectivity index (χ0n) is 12.1. The second kappa shape index (κ2) is 13.2. The Hall–Kier alpha value is 0.220. The lowest BCUT2D eigenvalue weighted by atomic mass is 10.1. The van der Waals surface area contributed by atoms with E-state index < -0.39 is 9.15 Å². The third-order valence-electron chi connectivity index (χ3n) is 3.03. The molecule has 6 heteroatoms. The summed E-state index contributed by atoms with van der Waals surface area (Å²) < 4.78 is 26.8. The van der Waals surface area contributed by atoms with Crippen LogP contribution in [0.3, 0.4) is 0 Å². The van der Waals surface area contributed by atoms with Crippen molar-refractivity contribution in [1.82, 2.24) is 0 Å². The summed E-state index contributed by atoms with van der Waals surface area (Å²) in [7, 11) is -2.57. The molecule has 0 spiro atoms. The van der Waals surface area contributed by atoms with Gasteiger partial charge in [-0.25, -0.2) is 0 Å². The number of nitrogens with two attached hydrogens (primary N) is 1. The molecule has 0 radical (unpaired) electrons. The molecule has 0 aromatic rings. The van der Waals surface area contributed by atoms with Gasteiger partial charge in [0.1, 0.15) is 0 Å². The average Bonchev–Trinajstić information content (AvgIpc) is 2.40. The molecule has 116 valence electrons. The number of hydrogen-bond donors (Lipinski definition) is 1. The minimum absolute atomic E-state index is 0.322. The maximum absolute atomic E-state index is 11.0. The summed E-state index contributed by atoms with van der Waals surface area (Å²) in [6.07, 6.45) is 13.4. The van der Waals surface area contributed by atoms with Gasteiger partial charge < -0.3 is 5.73 Å². The summed E-state index contributed by atoms with van der Waals surface area (Å²) in [4.78, 5) is 0. The molecule has 0 amide bonds. The van der Waals surface area contributed by atoms with Crippen LogP contribution in [0.4, 0.5) is 0 Å². The minimum atomic E-state index is -3.32. The van der Waals surface area contributed by atoms with E-state index in [0.717, 1.165) is 36.6 Å². The van der Waals surface area contributed by atoms with E-state index in [2.05, 4.69) is 0 Å². The largest absolute Gasteiger partial charge is 0.330 e. The van der Waals surface area contributed by atoms with Crippen LogP contribution in [0, 0.1) is 0 Å². The molecule has 2 N–H and O–H groups in total. The third kappa shape index (κ3) is 14.4. The molecule has 0 saturated carbocycles. The molecule has 0 heterocycles. The molecule has 0 bridgehead atoms. The minimum Gasteiger partial charge on any atom is -0.330 e. The maximum Gasteiger partial charge on any atom is 0.321 e. The van der Waals surface area contributed by atoms with E-state index in [-0.39, 0.29) is 0 Å². The van der Waals surface area contributed by atoms with Crippen LogP contribution in [-0.2, 0) is 13.3 Å². The van der Waals surface area contributed by atoms with Gasteiger partial charge in [0.15, 0.2) is 0 Å².